The lowest BCUT2D eigenvalue weighted by Gasteiger charge is -2.21. The summed E-state index contributed by atoms with van der Waals surface area (Å²) in [5.41, 5.74) is 0.173. The number of carbonyl (C=O) groups excluding carboxylic acids is 1. The van der Waals surface area contributed by atoms with Crippen LogP contribution in [0, 0.1) is 17.6 Å². The number of benzene rings is 1. The Balaban J connectivity index is 0.00000180. The average molecular weight is 291 g/mol. The third kappa shape index (κ3) is 4.44. The number of hydrogen-bond acceptors (Lipinski definition) is 2. The molecule has 1 aromatic rings. The summed E-state index contributed by atoms with van der Waals surface area (Å²) in [6.07, 6.45) is 1.80. The zero-order chi connectivity index (χ0) is 13.0. The molecule has 1 aliphatic rings. The van der Waals surface area contributed by atoms with Crippen LogP contribution in [-0.4, -0.2) is 19.0 Å². The molecule has 0 spiro atoms. The van der Waals surface area contributed by atoms with Crippen LogP contribution in [-0.2, 0) is 11.3 Å². The molecule has 1 heterocycles. The van der Waals surface area contributed by atoms with E-state index in [9.17, 15) is 13.6 Å². The molecule has 3 nitrogen and oxygen atoms in total. The van der Waals surface area contributed by atoms with Gasteiger partial charge in [-0.15, -0.1) is 12.4 Å². The Labute approximate surface area is 117 Å². The zero-order valence-electron chi connectivity index (χ0n) is 10.4. The topological polar surface area (TPSA) is 41.1 Å². The highest BCUT2D eigenvalue weighted by Crippen LogP contribution is 2.12. The van der Waals surface area contributed by atoms with Crippen LogP contribution in [0.25, 0.3) is 0 Å². The van der Waals surface area contributed by atoms with E-state index in [-0.39, 0.29) is 36.3 Å². The first-order valence-electron chi connectivity index (χ1n) is 6.09. The second-order valence-electron chi connectivity index (χ2n) is 4.50. The first kappa shape index (κ1) is 15.9. The second-order valence-corrected chi connectivity index (χ2v) is 4.50. The standard InChI is InChI=1S/C13H16F2N2O.ClH/c14-11-3-4-12(15)10(6-11)8-17-13(18)9-2-1-5-16-7-9;/h3-4,6,9,16H,1-2,5,7-8H2,(H,17,18);1H. The maximum Gasteiger partial charge on any atom is 0.224 e. The average Bonchev–Trinajstić information content (AvgIpc) is 2.40. The Morgan fingerprint density at radius 3 is 2.89 bits per heavy atom. The molecule has 2 N–H and O–H groups in total. The van der Waals surface area contributed by atoms with E-state index in [1.807, 2.05) is 0 Å². The minimum Gasteiger partial charge on any atom is -0.352 e. The van der Waals surface area contributed by atoms with Crippen molar-refractivity contribution in [2.45, 2.75) is 19.4 Å². The quantitative estimate of drug-likeness (QED) is 0.894. The monoisotopic (exact) mass is 290 g/mol. The zero-order valence-corrected chi connectivity index (χ0v) is 11.2. The number of amides is 1. The highest BCUT2D eigenvalue weighted by Gasteiger charge is 2.20. The van der Waals surface area contributed by atoms with Crippen molar-refractivity contribution >= 4 is 18.3 Å². The lowest BCUT2D eigenvalue weighted by molar-refractivity contribution is -0.125. The number of nitrogens with one attached hydrogen (secondary N) is 2. The van der Waals surface area contributed by atoms with Gasteiger partial charge in [0, 0.05) is 18.7 Å². The molecule has 0 bridgehead atoms. The summed E-state index contributed by atoms with van der Waals surface area (Å²) in [5, 5.41) is 5.79. The summed E-state index contributed by atoms with van der Waals surface area (Å²) in [6.45, 7) is 1.61. The molecule has 1 unspecified atom stereocenters. The van der Waals surface area contributed by atoms with Crippen molar-refractivity contribution in [2.24, 2.45) is 5.92 Å². The molecular weight excluding hydrogens is 274 g/mol. The molecule has 1 saturated heterocycles. The van der Waals surface area contributed by atoms with E-state index in [2.05, 4.69) is 10.6 Å². The van der Waals surface area contributed by atoms with Gasteiger partial charge in [0.05, 0.1) is 5.92 Å². The highest BCUT2D eigenvalue weighted by molar-refractivity contribution is 5.85. The predicted molar refractivity (Wildman–Crippen MR) is 71.0 cm³/mol. The van der Waals surface area contributed by atoms with Crippen LogP contribution in [0.3, 0.4) is 0 Å². The SMILES string of the molecule is Cl.O=C(NCc1cc(F)ccc1F)C1CCCNC1. The third-order valence-corrected chi connectivity index (χ3v) is 3.13. The Kier molecular flexibility index (Phi) is 6.18. The molecule has 6 heteroatoms. The Bertz CT molecular complexity index is 437. The van der Waals surface area contributed by atoms with Gasteiger partial charge in [-0.3, -0.25) is 4.79 Å². The van der Waals surface area contributed by atoms with Gasteiger partial charge in [-0.25, -0.2) is 8.78 Å². The van der Waals surface area contributed by atoms with Gasteiger partial charge in [0.2, 0.25) is 5.91 Å². The lowest BCUT2D eigenvalue weighted by Crippen LogP contribution is -2.40. The highest BCUT2D eigenvalue weighted by atomic mass is 35.5. The van der Waals surface area contributed by atoms with E-state index in [1.54, 1.807) is 0 Å². The summed E-state index contributed by atoms with van der Waals surface area (Å²) in [5.74, 6) is -1.18. The third-order valence-electron chi connectivity index (χ3n) is 3.13. The van der Waals surface area contributed by atoms with Gasteiger partial charge < -0.3 is 10.6 Å². The number of hydrogen-bond donors (Lipinski definition) is 2. The minimum absolute atomic E-state index is 0. The molecule has 0 aliphatic carbocycles. The fourth-order valence-electron chi connectivity index (χ4n) is 2.08. The number of halogens is 3. The van der Waals surface area contributed by atoms with Gasteiger partial charge in [-0.1, -0.05) is 0 Å². The van der Waals surface area contributed by atoms with Crippen molar-refractivity contribution < 1.29 is 13.6 Å². The van der Waals surface area contributed by atoms with Crippen LogP contribution in [0.2, 0.25) is 0 Å². The Morgan fingerprint density at radius 2 is 2.21 bits per heavy atom. The van der Waals surface area contributed by atoms with Crippen LogP contribution in [0.4, 0.5) is 8.78 Å². The normalized spacial score (nSPS) is 18.5. The van der Waals surface area contributed by atoms with Crippen LogP contribution < -0.4 is 10.6 Å². The number of piperidine rings is 1. The van der Waals surface area contributed by atoms with Crippen LogP contribution in [0.1, 0.15) is 18.4 Å². The van der Waals surface area contributed by atoms with Gasteiger partial charge in [0.15, 0.2) is 0 Å². The number of carbonyl (C=O) groups is 1. The van der Waals surface area contributed by atoms with Gasteiger partial charge in [0.25, 0.3) is 0 Å². The van der Waals surface area contributed by atoms with Crippen molar-refractivity contribution in [3.8, 4) is 0 Å². The molecule has 19 heavy (non-hydrogen) atoms. The largest absolute Gasteiger partial charge is 0.352 e. The molecule has 1 fully saturated rings. The minimum atomic E-state index is -0.501. The van der Waals surface area contributed by atoms with E-state index in [4.69, 9.17) is 0 Å². The molecule has 1 atom stereocenters. The van der Waals surface area contributed by atoms with E-state index < -0.39 is 11.6 Å². The summed E-state index contributed by atoms with van der Waals surface area (Å²) in [4.78, 5) is 11.8. The fourth-order valence-corrected chi connectivity index (χ4v) is 2.08. The first-order valence-corrected chi connectivity index (χ1v) is 6.09. The van der Waals surface area contributed by atoms with E-state index in [0.717, 1.165) is 37.6 Å². The van der Waals surface area contributed by atoms with Crippen molar-refractivity contribution in [3.63, 3.8) is 0 Å². The van der Waals surface area contributed by atoms with Gasteiger partial charge in [-0.2, -0.15) is 0 Å². The van der Waals surface area contributed by atoms with E-state index in [0.29, 0.717) is 6.54 Å². The summed E-state index contributed by atoms with van der Waals surface area (Å²) >= 11 is 0. The molecule has 106 valence electrons. The van der Waals surface area contributed by atoms with Crippen LogP contribution >= 0.6 is 12.4 Å². The molecular formula is C13H17ClF2N2O. The molecule has 1 amide bonds. The first-order chi connectivity index (χ1) is 8.66. The predicted octanol–water partition coefficient (Wildman–Crippen LogP) is 2.00. The van der Waals surface area contributed by atoms with Crippen LogP contribution in [0.5, 0.6) is 0 Å². The van der Waals surface area contributed by atoms with Gasteiger partial charge in [0.1, 0.15) is 11.6 Å². The Morgan fingerprint density at radius 1 is 1.42 bits per heavy atom. The van der Waals surface area contributed by atoms with E-state index >= 15 is 0 Å². The molecule has 0 aromatic heterocycles. The van der Waals surface area contributed by atoms with Crippen molar-refractivity contribution in [3.05, 3.63) is 35.4 Å². The molecule has 1 aliphatic heterocycles. The molecule has 2 rings (SSSR count). The smallest absolute Gasteiger partial charge is 0.224 e. The molecule has 0 saturated carbocycles. The number of rotatable bonds is 3. The summed E-state index contributed by atoms with van der Waals surface area (Å²) < 4.78 is 26.3. The van der Waals surface area contributed by atoms with E-state index in [1.165, 1.54) is 0 Å². The maximum absolute atomic E-state index is 13.3. The van der Waals surface area contributed by atoms with Gasteiger partial charge in [-0.05, 0) is 37.6 Å². The Hall–Kier alpha value is -1.20. The van der Waals surface area contributed by atoms with Crippen molar-refractivity contribution in [1.29, 1.82) is 0 Å². The summed E-state index contributed by atoms with van der Waals surface area (Å²) in [6, 6.07) is 3.24. The fraction of sp³-hybridized carbons (Fsp3) is 0.462. The second kappa shape index (κ2) is 7.40. The lowest BCUT2D eigenvalue weighted by atomic mass is 9.99. The maximum atomic E-state index is 13.3. The molecule has 0 radical (unpaired) electrons. The van der Waals surface area contributed by atoms with Crippen molar-refractivity contribution in [1.82, 2.24) is 10.6 Å². The molecule has 1 aromatic carbocycles. The van der Waals surface area contributed by atoms with Gasteiger partial charge >= 0.3 is 0 Å². The van der Waals surface area contributed by atoms with Crippen LogP contribution in [0.15, 0.2) is 18.2 Å². The van der Waals surface area contributed by atoms with Crippen molar-refractivity contribution in [2.75, 3.05) is 13.1 Å². The summed E-state index contributed by atoms with van der Waals surface area (Å²) in [7, 11) is 0.